The third-order valence-electron chi connectivity index (χ3n) is 5.89. The second kappa shape index (κ2) is 8.34. The van der Waals surface area contributed by atoms with Gasteiger partial charge in [-0.25, -0.2) is 4.79 Å². The highest BCUT2D eigenvalue weighted by Gasteiger charge is 2.37. The molecule has 0 spiro atoms. The molecule has 3 aromatic rings. The molecule has 31 heavy (non-hydrogen) atoms. The highest BCUT2D eigenvalue weighted by Crippen LogP contribution is 2.39. The number of hydrogen-bond acceptors (Lipinski definition) is 6. The molecule has 1 heterocycles. The van der Waals surface area contributed by atoms with Crippen molar-refractivity contribution < 1.29 is 28.5 Å². The van der Waals surface area contributed by atoms with Crippen molar-refractivity contribution in [3.05, 3.63) is 42.0 Å². The van der Waals surface area contributed by atoms with E-state index in [-0.39, 0.29) is 11.9 Å². The van der Waals surface area contributed by atoms with Gasteiger partial charge in [-0.3, -0.25) is 4.79 Å². The summed E-state index contributed by atoms with van der Waals surface area (Å²) in [7, 11) is 6.16. The lowest BCUT2D eigenvalue weighted by molar-refractivity contribution is -0.149. The van der Waals surface area contributed by atoms with Crippen molar-refractivity contribution in [2.45, 2.75) is 25.4 Å². The van der Waals surface area contributed by atoms with Crippen LogP contribution in [0, 0.1) is 0 Å². The highest BCUT2D eigenvalue weighted by molar-refractivity contribution is 6.10. The smallest absolute Gasteiger partial charge is 0.328 e. The number of methoxy groups -OCH3 is 4. The maximum Gasteiger partial charge on any atom is 0.328 e. The first-order chi connectivity index (χ1) is 15.0. The quantitative estimate of drug-likeness (QED) is 0.445. The molecule has 1 aliphatic rings. The minimum absolute atomic E-state index is 0.0566. The minimum atomic E-state index is -0.570. The van der Waals surface area contributed by atoms with Gasteiger partial charge in [0.05, 0.1) is 28.4 Å². The van der Waals surface area contributed by atoms with Crippen LogP contribution in [0.3, 0.4) is 0 Å². The molecule has 1 aliphatic heterocycles. The van der Waals surface area contributed by atoms with Gasteiger partial charge in [-0.2, -0.15) is 0 Å². The van der Waals surface area contributed by atoms with Gasteiger partial charge in [-0.05, 0) is 63.9 Å². The van der Waals surface area contributed by atoms with Crippen LogP contribution < -0.4 is 14.2 Å². The Morgan fingerprint density at radius 2 is 1.65 bits per heavy atom. The molecule has 4 rings (SSSR count). The van der Waals surface area contributed by atoms with Gasteiger partial charge < -0.3 is 23.8 Å². The van der Waals surface area contributed by atoms with Crippen LogP contribution in [0.2, 0.25) is 0 Å². The summed E-state index contributed by atoms with van der Waals surface area (Å²) < 4.78 is 21.4. The minimum Gasteiger partial charge on any atom is -0.497 e. The zero-order valence-electron chi connectivity index (χ0n) is 18.1. The number of likely N-dealkylation sites (tertiary alicyclic amines) is 1. The number of amides is 1. The number of esters is 1. The van der Waals surface area contributed by atoms with Gasteiger partial charge in [0.2, 0.25) is 5.91 Å². The second-order valence-electron chi connectivity index (χ2n) is 7.47. The Hall–Kier alpha value is -3.48. The summed E-state index contributed by atoms with van der Waals surface area (Å²) in [5.74, 6) is 1.51. The molecule has 162 valence electrons. The van der Waals surface area contributed by atoms with Gasteiger partial charge >= 0.3 is 5.97 Å². The van der Waals surface area contributed by atoms with Crippen LogP contribution in [0.1, 0.15) is 18.4 Å². The first kappa shape index (κ1) is 20.8. The lowest BCUT2D eigenvalue weighted by atomic mass is 9.96. The Balaban J connectivity index is 1.93. The lowest BCUT2D eigenvalue weighted by Crippen LogP contribution is -2.38. The predicted octanol–water partition coefficient (Wildman–Crippen LogP) is 3.68. The van der Waals surface area contributed by atoms with E-state index in [0.717, 1.165) is 32.9 Å². The summed E-state index contributed by atoms with van der Waals surface area (Å²) in [4.78, 5) is 26.4. The van der Waals surface area contributed by atoms with Crippen LogP contribution in [0.25, 0.3) is 21.5 Å². The number of ether oxygens (including phenoxy) is 4. The summed E-state index contributed by atoms with van der Waals surface area (Å²) in [5.41, 5.74) is 0.915. The molecule has 0 radical (unpaired) electrons. The van der Waals surface area contributed by atoms with Gasteiger partial charge in [-0.15, -0.1) is 0 Å². The fourth-order valence-electron chi connectivity index (χ4n) is 4.28. The van der Waals surface area contributed by atoms with Crippen molar-refractivity contribution in [2.24, 2.45) is 0 Å². The van der Waals surface area contributed by atoms with E-state index >= 15 is 0 Å². The summed E-state index contributed by atoms with van der Waals surface area (Å²) >= 11 is 0. The third-order valence-corrected chi connectivity index (χ3v) is 5.89. The Labute approximate surface area is 180 Å². The number of benzene rings is 3. The van der Waals surface area contributed by atoms with Gasteiger partial charge in [0, 0.05) is 13.0 Å². The fourth-order valence-corrected chi connectivity index (χ4v) is 4.28. The normalized spacial score (nSPS) is 16.1. The predicted molar refractivity (Wildman–Crippen MR) is 117 cm³/mol. The summed E-state index contributed by atoms with van der Waals surface area (Å²) in [6.07, 6.45) is 0.797. The average Bonchev–Trinajstić information content (AvgIpc) is 3.17. The van der Waals surface area contributed by atoms with E-state index in [0.29, 0.717) is 30.9 Å². The molecule has 0 bridgehead atoms. The van der Waals surface area contributed by atoms with Gasteiger partial charge in [-0.1, -0.05) is 6.07 Å². The zero-order valence-corrected chi connectivity index (χ0v) is 18.1. The number of nitrogens with zero attached hydrogens (tertiary/aromatic N) is 1. The van der Waals surface area contributed by atoms with E-state index < -0.39 is 6.04 Å². The number of carbonyl (C=O) groups excluding carboxylic acids is 2. The molecule has 0 N–H and O–H groups in total. The highest BCUT2D eigenvalue weighted by atomic mass is 16.5. The first-order valence-electron chi connectivity index (χ1n) is 10.0. The standard InChI is InChI=1S/C24H25NO6/c1-28-16-6-5-14-9-15(13-25-20(24(27)31-4)7-8-23(25)26)18-11-21(29-2)22(30-3)12-19(18)17(14)10-16/h5-6,9-12,20H,7-8,13H2,1-4H3. The van der Waals surface area contributed by atoms with Crippen molar-refractivity contribution in [3.8, 4) is 17.2 Å². The molecule has 1 unspecified atom stereocenters. The fraction of sp³-hybridized carbons (Fsp3) is 0.333. The van der Waals surface area contributed by atoms with E-state index in [4.69, 9.17) is 18.9 Å². The second-order valence-corrected chi connectivity index (χ2v) is 7.47. The third kappa shape index (κ3) is 3.60. The Morgan fingerprint density at radius 3 is 2.29 bits per heavy atom. The summed E-state index contributed by atoms with van der Waals surface area (Å²) in [5, 5.41) is 3.86. The first-order valence-corrected chi connectivity index (χ1v) is 10.0. The van der Waals surface area contributed by atoms with Gasteiger partial charge in [0.1, 0.15) is 11.8 Å². The summed E-state index contributed by atoms with van der Waals surface area (Å²) in [6.45, 7) is 0.298. The molecule has 0 aliphatic carbocycles. The van der Waals surface area contributed by atoms with Crippen molar-refractivity contribution >= 4 is 33.4 Å². The molecule has 1 atom stereocenters. The molecule has 7 nitrogen and oxygen atoms in total. The van der Waals surface area contributed by atoms with Crippen LogP contribution in [-0.2, 0) is 20.9 Å². The molecule has 1 amide bonds. The molecule has 1 saturated heterocycles. The van der Waals surface area contributed by atoms with E-state index in [1.807, 2.05) is 36.4 Å². The zero-order chi connectivity index (χ0) is 22.1. The Morgan fingerprint density at radius 1 is 0.935 bits per heavy atom. The van der Waals surface area contributed by atoms with Gasteiger partial charge in [0.25, 0.3) is 0 Å². The molecule has 1 fully saturated rings. The number of rotatable bonds is 6. The van der Waals surface area contributed by atoms with E-state index in [1.165, 1.54) is 7.11 Å². The summed E-state index contributed by atoms with van der Waals surface area (Å²) in [6, 6.07) is 11.2. The molecular formula is C24H25NO6. The van der Waals surface area contributed by atoms with Crippen molar-refractivity contribution in [3.63, 3.8) is 0 Å². The van der Waals surface area contributed by atoms with E-state index in [9.17, 15) is 9.59 Å². The van der Waals surface area contributed by atoms with Crippen molar-refractivity contribution in [2.75, 3.05) is 28.4 Å². The van der Waals surface area contributed by atoms with Crippen LogP contribution >= 0.6 is 0 Å². The molecule has 0 saturated carbocycles. The maximum atomic E-state index is 12.6. The Bertz CT molecular complexity index is 1170. The Kier molecular flexibility index (Phi) is 5.59. The monoisotopic (exact) mass is 423 g/mol. The lowest BCUT2D eigenvalue weighted by Gasteiger charge is -2.24. The van der Waals surface area contributed by atoms with Crippen LogP contribution in [0.15, 0.2) is 36.4 Å². The van der Waals surface area contributed by atoms with Gasteiger partial charge in [0.15, 0.2) is 11.5 Å². The maximum absolute atomic E-state index is 12.6. The van der Waals surface area contributed by atoms with E-state index in [1.54, 1.807) is 26.2 Å². The topological polar surface area (TPSA) is 74.3 Å². The number of carbonyl (C=O) groups is 2. The molecule has 7 heteroatoms. The van der Waals surface area contributed by atoms with Crippen LogP contribution in [-0.4, -0.2) is 51.3 Å². The van der Waals surface area contributed by atoms with Crippen molar-refractivity contribution in [1.82, 2.24) is 4.90 Å². The van der Waals surface area contributed by atoms with E-state index in [2.05, 4.69) is 0 Å². The molecule has 3 aromatic carbocycles. The SMILES string of the molecule is COC(=O)C1CCC(=O)N1Cc1cc2ccc(OC)cc2c2cc(OC)c(OC)cc12. The largest absolute Gasteiger partial charge is 0.497 e. The van der Waals surface area contributed by atoms with Crippen LogP contribution in [0.4, 0.5) is 0 Å². The van der Waals surface area contributed by atoms with Crippen LogP contribution in [0.5, 0.6) is 17.2 Å². The average molecular weight is 423 g/mol. The molecular weight excluding hydrogens is 398 g/mol. The molecule has 0 aromatic heterocycles. The number of fused-ring (bicyclic) bond motifs is 3. The number of hydrogen-bond donors (Lipinski definition) is 0. The van der Waals surface area contributed by atoms with Crippen molar-refractivity contribution in [1.29, 1.82) is 0 Å².